The Morgan fingerprint density at radius 1 is 1.06 bits per heavy atom. The van der Waals surface area contributed by atoms with Crippen molar-refractivity contribution in [1.82, 2.24) is 0 Å². The van der Waals surface area contributed by atoms with Crippen molar-refractivity contribution in [2.75, 3.05) is 13.2 Å². The maximum atomic E-state index is 5.76. The number of unbranched alkanes of at least 4 members (excludes halogenated alkanes) is 2. The second kappa shape index (κ2) is 9.04. The molecule has 0 saturated carbocycles. The van der Waals surface area contributed by atoms with Crippen molar-refractivity contribution < 1.29 is 9.47 Å². The topological polar surface area (TPSA) is 18.5 Å². The Morgan fingerprint density at radius 3 is 2.18 bits per heavy atom. The maximum absolute atomic E-state index is 5.76. The summed E-state index contributed by atoms with van der Waals surface area (Å²) in [6, 6.07) is 11.5. The van der Waals surface area contributed by atoms with Crippen LogP contribution >= 0.6 is 0 Å². The molecule has 0 aliphatic carbocycles. The van der Waals surface area contributed by atoms with Crippen LogP contribution in [0.1, 0.15) is 51.4 Å². The minimum absolute atomic E-state index is 0.251. The van der Waals surface area contributed by atoms with Crippen LogP contribution in [0.4, 0.5) is 0 Å². The Morgan fingerprint density at radius 2 is 1.71 bits per heavy atom. The molecule has 1 aromatic carbocycles. The number of ether oxygens (including phenoxy) is 2. The molecule has 0 aliphatic rings. The van der Waals surface area contributed by atoms with Crippen LogP contribution in [-0.2, 0) is 9.47 Å². The SMILES string of the molecule is CCCCOC(OCCCC)c1cc#ccc1. The quantitative estimate of drug-likeness (QED) is 0.476. The zero-order chi connectivity index (χ0) is 12.3. The second-order valence-corrected chi connectivity index (χ2v) is 4.05. The van der Waals surface area contributed by atoms with Gasteiger partial charge in [-0.2, -0.15) is 0 Å². The van der Waals surface area contributed by atoms with Crippen LogP contribution in [-0.4, -0.2) is 13.2 Å². The fraction of sp³-hybridized carbons (Fsp3) is 0.600. The molecule has 0 unspecified atom stereocenters. The third-order valence-electron chi connectivity index (χ3n) is 2.49. The van der Waals surface area contributed by atoms with Crippen LogP contribution in [0.2, 0.25) is 0 Å². The maximum Gasteiger partial charge on any atom is 0.184 e. The van der Waals surface area contributed by atoms with Gasteiger partial charge < -0.3 is 9.47 Å². The highest BCUT2D eigenvalue weighted by Crippen LogP contribution is 2.18. The predicted octanol–water partition coefficient (Wildman–Crippen LogP) is 3.92. The number of rotatable bonds is 9. The summed E-state index contributed by atoms with van der Waals surface area (Å²) in [4.78, 5) is 0. The summed E-state index contributed by atoms with van der Waals surface area (Å²) < 4.78 is 11.5. The van der Waals surface area contributed by atoms with Crippen LogP contribution in [0.15, 0.2) is 18.2 Å². The van der Waals surface area contributed by atoms with Crippen LogP contribution in [0, 0.1) is 12.1 Å². The van der Waals surface area contributed by atoms with Gasteiger partial charge >= 0.3 is 0 Å². The minimum Gasteiger partial charge on any atom is -0.348 e. The van der Waals surface area contributed by atoms with Crippen molar-refractivity contribution in [3.63, 3.8) is 0 Å². The monoisotopic (exact) mass is 234 g/mol. The molecular weight excluding hydrogens is 212 g/mol. The van der Waals surface area contributed by atoms with E-state index in [9.17, 15) is 0 Å². The van der Waals surface area contributed by atoms with E-state index in [1.165, 1.54) is 0 Å². The molecule has 2 heteroatoms. The van der Waals surface area contributed by atoms with Crippen molar-refractivity contribution in [2.24, 2.45) is 0 Å². The van der Waals surface area contributed by atoms with Crippen LogP contribution < -0.4 is 0 Å². The van der Waals surface area contributed by atoms with E-state index in [1.807, 2.05) is 18.2 Å². The predicted molar refractivity (Wildman–Crippen MR) is 68.6 cm³/mol. The lowest BCUT2D eigenvalue weighted by atomic mass is 10.2. The van der Waals surface area contributed by atoms with E-state index in [2.05, 4.69) is 26.0 Å². The van der Waals surface area contributed by atoms with E-state index in [-0.39, 0.29) is 6.29 Å². The zero-order valence-corrected chi connectivity index (χ0v) is 10.9. The van der Waals surface area contributed by atoms with Gasteiger partial charge in [-0.3, -0.25) is 0 Å². The van der Waals surface area contributed by atoms with E-state index in [0.29, 0.717) is 0 Å². The largest absolute Gasteiger partial charge is 0.348 e. The molecule has 0 spiro atoms. The first-order valence-electron chi connectivity index (χ1n) is 6.49. The Hall–Kier alpha value is -1.04. The number of hydrogen-bond donors (Lipinski definition) is 0. The average Bonchev–Trinajstić information content (AvgIpc) is 2.38. The minimum atomic E-state index is -0.251. The highest BCUT2D eigenvalue weighted by atomic mass is 16.7. The molecule has 0 atom stereocenters. The summed E-state index contributed by atoms with van der Waals surface area (Å²) in [6.07, 6.45) is 4.15. The van der Waals surface area contributed by atoms with Gasteiger partial charge in [-0.15, -0.1) is 0 Å². The summed E-state index contributed by atoms with van der Waals surface area (Å²) in [7, 11) is 0. The molecule has 0 fully saturated rings. The molecule has 0 heterocycles. The first-order chi connectivity index (χ1) is 8.38. The van der Waals surface area contributed by atoms with Gasteiger partial charge in [0.25, 0.3) is 0 Å². The van der Waals surface area contributed by atoms with E-state index in [1.54, 1.807) is 0 Å². The van der Waals surface area contributed by atoms with E-state index < -0.39 is 0 Å². The zero-order valence-electron chi connectivity index (χ0n) is 10.9. The highest BCUT2D eigenvalue weighted by molar-refractivity contribution is 5.11. The molecule has 0 aliphatic heterocycles. The van der Waals surface area contributed by atoms with Crippen LogP contribution in [0.5, 0.6) is 0 Å². The van der Waals surface area contributed by atoms with Gasteiger partial charge in [0, 0.05) is 5.56 Å². The fourth-order valence-electron chi connectivity index (χ4n) is 1.42. The lowest BCUT2D eigenvalue weighted by molar-refractivity contribution is -0.148. The van der Waals surface area contributed by atoms with Crippen LogP contribution in [0.25, 0.3) is 0 Å². The molecule has 0 amide bonds. The van der Waals surface area contributed by atoms with Gasteiger partial charge in [0.1, 0.15) is 0 Å². The van der Waals surface area contributed by atoms with Crippen molar-refractivity contribution in [3.05, 3.63) is 35.9 Å². The molecule has 17 heavy (non-hydrogen) atoms. The van der Waals surface area contributed by atoms with Gasteiger partial charge in [-0.25, -0.2) is 0 Å². The van der Waals surface area contributed by atoms with Crippen molar-refractivity contribution in [3.8, 4) is 0 Å². The first-order valence-corrected chi connectivity index (χ1v) is 6.49. The smallest absolute Gasteiger partial charge is 0.184 e. The Balaban J connectivity index is 2.46. The molecule has 0 aromatic heterocycles. The van der Waals surface area contributed by atoms with Gasteiger partial charge in [-0.05, 0) is 31.0 Å². The summed E-state index contributed by atoms with van der Waals surface area (Å²) >= 11 is 0. The lowest BCUT2D eigenvalue weighted by Gasteiger charge is -2.18. The molecule has 94 valence electrons. The molecule has 0 N–H and O–H groups in total. The standard InChI is InChI=1S/C15H22O2/c1-3-5-12-16-15(17-13-6-4-2)14-10-8-7-9-11-14/h8,10-11,15H,3-6,12-13H2,1-2H3. The highest BCUT2D eigenvalue weighted by Gasteiger charge is 2.11. The van der Waals surface area contributed by atoms with E-state index >= 15 is 0 Å². The van der Waals surface area contributed by atoms with Crippen LogP contribution in [0.3, 0.4) is 0 Å². The molecule has 0 bridgehead atoms. The first kappa shape index (κ1) is 14.0. The molecule has 0 saturated heterocycles. The molecule has 1 rings (SSSR count). The molecule has 0 radical (unpaired) electrons. The van der Waals surface area contributed by atoms with Crippen molar-refractivity contribution >= 4 is 0 Å². The Kier molecular flexibility index (Phi) is 7.46. The number of hydrogen-bond acceptors (Lipinski definition) is 2. The van der Waals surface area contributed by atoms with Gasteiger partial charge in [0.2, 0.25) is 0 Å². The summed E-state index contributed by atoms with van der Waals surface area (Å²) in [6.45, 7) is 5.79. The Bertz CT molecular complexity index is 262. The van der Waals surface area contributed by atoms with Gasteiger partial charge in [-0.1, -0.05) is 38.8 Å². The second-order valence-electron chi connectivity index (χ2n) is 4.05. The molecular formula is C15H22O2. The fourth-order valence-corrected chi connectivity index (χ4v) is 1.42. The van der Waals surface area contributed by atoms with Gasteiger partial charge in [0.15, 0.2) is 6.29 Å². The van der Waals surface area contributed by atoms with Crippen molar-refractivity contribution in [2.45, 2.75) is 45.8 Å². The third kappa shape index (κ3) is 5.72. The third-order valence-corrected chi connectivity index (χ3v) is 2.49. The summed E-state index contributed by atoms with van der Waals surface area (Å²) in [5.41, 5.74) is 1.02. The average molecular weight is 234 g/mol. The Labute approximate surface area is 105 Å². The summed E-state index contributed by atoms with van der Waals surface area (Å²) in [5.74, 6) is 0. The molecule has 2 nitrogen and oxygen atoms in total. The van der Waals surface area contributed by atoms with E-state index in [0.717, 1.165) is 44.5 Å². The van der Waals surface area contributed by atoms with Crippen molar-refractivity contribution in [1.29, 1.82) is 0 Å². The normalized spacial score (nSPS) is 10.5. The lowest BCUT2D eigenvalue weighted by Crippen LogP contribution is -2.10. The summed E-state index contributed by atoms with van der Waals surface area (Å²) in [5, 5.41) is 0. The van der Waals surface area contributed by atoms with Gasteiger partial charge in [0.05, 0.1) is 13.2 Å². The molecule has 1 aromatic rings. The van der Waals surface area contributed by atoms with E-state index in [4.69, 9.17) is 9.47 Å².